The van der Waals surface area contributed by atoms with E-state index in [2.05, 4.69) is 20.5 Å². The lowest BCUT2D eigenvalue weighted by Crippen LogP contribution is -2.47. The Morgan fingerprint density at radius 1 is 1.50 bits per heavy atom. The van der Waals surface area contributed by atoms with Gasteiger partial charge >= 0.3 is 12.0 Å². The van der Waals surface area contributed by atoms with Crippen LogP contribution in [0.15, 0.2) is 6.33 Å². The summed E-state index contributed by atoms with van der Waals surface area (Å²) in [6, 6.07) is -1.02. The Kier molecular flexibility index (Phi) is 4.64. The van der Waals surface area contributed by atoms with Gasteiger partial charge in [-0.3, -0.25) is 9.89 Å². The Morgan fingerprint density at radius 2 is 2.17 bits per heavy atom. The van der Waals surface area contributed by atoms with Crippen LogP contribution in [-0.2, 0) is 4.79 Å². The maximum Gasteiger partial charge on any atom is 0.323 e. The molecule has 18 heavy (non-hydrogen) atoms. The number of carboxylic acids is 1. The Hall–Kier alpha value is -2.12. The fraction of sp³-hybridized carbons (Fsp3) is 0.600. The number of rotatable bonds is 5. The molecule has 0 saturated carbocycles. The maximum atomic E-state index is 11.9. The number of hydrogen-bond donors (Lipinski definition) is 3. The van der Waals surface area contributed by atoms with Crippen molar-refractivity contribution in [2.75, 3.05) is 6.54 Å². The largest absolute Gasteiger partial charge is 0.480 e. The summed E-state index contributed by atoms with van der Waals surface area (Å²) in [5.74, 6) is -0.534. The first-order valence-corrected chi connectivity index (χ1v) is 5.56. The average Bonchev–Trinajstić information content (AvgIpc) is 2.78. The SMILES string of the molecule is CC(NC(=O)N(CC(=O)O)C(C)C)c1ncn[nH]1. The highest BCUT2D eigenvalue weighted by atomic mass is 16.4. The predicted octanol–water partition coefficient (Wildman–Crippen LogP) is 0.370. The first kappa shape index (κ1) is 13.9. The molecule has 1 atom stereocenters. The Bertz CT molecular complexity index is 404. The number of amides is 2. The van der Waals surface area contributed by atoms with Crippen LogP contribution in [0.2, 0.25) is 0 Å². The van der Waals surface area contributed by atoms with Crippen molar-refractivity contribution in [1.29, 1.82) is 0 Å². The third-order valence-electron chi connectivity index (χ3n) is 2.37. The molecule has 8 nitrogen and oxygen atoms in total. The molecule has 3 N–H and O–H groups in total. The summed E-state index contributed by atoms with van der Waals surface area (Å²) in [6.07, 6.45) is 1.34. The summed E-state index contributed by atoms with van der Waals surface area (Å²) in [7, 11) is 0. The van der Waals surface area contributed by atoms with Gasteiger partial charge in [0, 0.05) is 6.04 Å². The molecule has 0 aliphatic heterocycles. The molecule has 1 heterocycles. The minimum atomic E-state index is -1.05. The van der Waals surface area contributed by atoms with E-state index in [-0.39, 0.29) is 18.6 Å². The zero-order chi connectivity index (χ0) is 13.7. The van der Waals surface area contributed by atoms with E-state index < -0.39 is 12.0 Å². The van der Waals surface area contributed by atoms with Crippen LogP contribution in [0.5, 0.6) is 0 Å². The van der Waals surface area contributed by atoms with E-state index in [1.165, 1.54) is 11.2 Å². The Balaban J connectivity index is 2.64. The van der Waals surface area contributed by atoms with E-state index in [1.807, 2.05) is 0 Å². The van der Waals surface area contributed by atoms with E-state index >= 15 is 0 Å². The highest BCUT2D eigenvalue weighted by molar-refractivity contribution is 5.80. The Labute approximate surface area is 104 Å². The Morgan fingerprint density at radius 3 is 2.61 bits per heavy atom. The zero-order valence-corrected chi connectivity index (χ0v) is 10.5. The van der Waals surface area contributed by atoms with Crippen LogP contribution >= 0.6 is 0 Å². The molecule has 1 aromatic rings. The second kappa shape index (κ2) is 5.99. The van der Waals surface area contributed by atoms with Gasteiger partial charge in [0.2, 0.25) is 0 Å². The van der Waals surface area contributed by atoms with Gasteiger partial charge in [0.1, 0.15) is 18.7 Å². The smallest absolute Gasteiger partial charge is 0.323 e. The van der Waals surface area contributed by atoms with Crippen LogP contribution < -0.4 is 5.32 Å². The van der Waals surface area contributed by atoms with E-state index in [0.29, 0.717) is 5.82 Å². The van der Waals surface area contributed by atoms with Crippen molar-refractivity contribution in [1.82, 2.24) is 25.4 Å². The molecule has 0 saturated heterocycles. The van der Waals surface area contributed by atoms with Crippen LogP contribution in [0.1, 0.15) is 32.6 Å². The van der Waals surface area contributed by atoms with E-state index in [0.717, 1.165) is 0 Å². The normalized spacial score (nSPS) is 12.2. The van der Waals surface area contributed by atoms with Crippen LogP contribution in [0.25, 0.3) is 0 Å². The second-order valence-corrected chi connectivity index (χ2v) is 4.16. The lowest BCUT2D eigenvalue weighted by molar-refractivity contribution is -0.138. The molecule has 1 rings (SSSR count). The van der Waals surface area contributed by atoms with Gasteiger partial charge in [0.15, 0.2) is 0 Å². The number of H-pyrrole nitrogens is 1. The molecule has 8 heteroatoms. The van der Waals surface area contributed by atoms with Crippen molar-refractivity contribution in [2.45, 2.75) is 32.9 Å². The molecular weight excluding hydrogens is 238 g/mol. The molecule has 0 aliphatic carbocycles. The molecule has 1 unspecified atom stereocenters. The third kappa shape index (κ3) is 3.72. The van der Waals surface area contributed by atoms with Crippen molar-refractivity contribution in [3.63, 3.8) is 0 Å². The molecular formula is C10H17N5O3. The van der Waals surface area contributed by atoms with Crippen molar-refractivity contribution >= 4 is 12.0 Å². The number of hydrogen-bond acceptors (Lipinski definition) is 4. The van der Waals surface area contributed by atoms with Gasteiger partial charge in [-0.1, -0.05) is 0 Å². The number of carbonyl (C=O) groups excluding carboxylic acids is 1. The average molecular weight is 255 g/mol. The summed E-state index contributed by atoms with van der Waals surface area (Å²) in [6.45, 7) is 4.90. The molecule has 0 aromatic carbocycles. The fourth-order valence-electron chi connectivity index (χ4n) is 1.39. The van der Waals surface area contributed by atoms with Crippen molar-refractivity contribution in [3.8, 4) is 0 Å². The van der Waals surface area contributed by atoms with Crippen molar-refractivity contribution in [3.05, 3.63) is 12.2 Å². The molecule has 2 amide bonds. The highest BCUT2D eigenvalue weighted by Gasteiger charge is 2.22. The van der Waals surface area contributed by atoms with Crippen LogP contribution in [0.4, 0.5) is 4.79 Å². The quantitative estimate of drug-likeness (QED) is 0.703. The lowest BCUT2D eigenvalue weighted by Gasteiger charge is -2.26. The molecule has 0 spiro atoms. The van der Waals surface area contributed by atoms with Gasteiger partial charge in [-0.15, -0.1) is 0 Å². The third-order valence-corrected chi connectivity index (χ3v) is 2.37. The van der Waals surface area contributed by atoms with Gasteiger partial charge in [0.05, 0.1) is 6.04 Å². The number of nitrogens with zero attached hydrogens (tertiary/aromatic N) is 3. The molecule has 0 aliphatic rings. The first-order chi connectivity index (χ1) is 8.41. The van der Waals surface area contributed by atoms with E-state index in [9.17, 15) is 9.59 Å². The molecule has 0 fully saturated rings. The number of aromatic amines is 1. The van der Waals surface area contributed by atoms with E-state index in [4.69, 9.17) is 5.11 Å². The van der Waals surface area contributed by atoms with Gasteiger partial charge in [-0.2, -0.15) is 5.10 Å². The number of carbonyl (C=O) groups is 2. The first-order valence-electron chi connectivity index (χ1n) is 5.56. The maximum absolute atomic E-state index is 11.9. The lowest BCUT2D eigenvalue weighted by atomic mass is 10.3. The van der Waals surface area contributed by atoms with Crippen molar-refractivity contribution in [2.24, 2.45) is 0 Å². The fourth-order valence-corrected chi connectivity index (χ4v) is 1.39. The van der Waals surface area contributed by atoms with Gasteiger partial charge in [-0.25, -0.2) is 9.78 Å². The molecule has 0 bridgehead atoms. The predicted molar refractivity (Wildman–Crippen MR) is 62.8 cm³/mol. The minimum Gasteiger partial charge on any atom is -0.480 e. The number of aromatic nitrogens is 3. The van der Waals surface area contributed by atoms with Crippen LogP contribution in [0.3, 0.4) is 0 Å². The zero-order valence-electron chi connectivity index (χ0n) is 10.5. The minimum absolute atomic E-state index is 0.206. The summed E-state index contributed by atoms with van der Waals surface area (Å²) >= 11 is 0. The van der Waals surface area contributed by atoms with Crippen LogP contribution in [-0.4, -0.2) is 49.8 Å². The van der Waals surface area contributed by atoms with Gasteiger partial charge in [-0.05, 0) is 20.8 Å². The van der Waals surface area contributed by atoms with E-state index in [1.54, 1.807) is 20.8 Å². The monoisotopic (exact) mass is 255 g/mol. The summed E-state index contributed by atoms with van der Waals surface area (Å²) in [5.41, 5.74) is 0. The summed E-state index contributed by atoms with van der Waals surface area (Å²) in [5, 5.41) is 17.7. The molecule has 1 aromatic heterocycles. The number of carboxylic acid groups (broad SMARTS) is 1. The second-order valence-electron chi connectivity index (χ2n) is 4.16. The van der Waals surface area contributed by atoms with Gasteiger partial charge < -0.3 is 15.3 Å². The standard InChI is InChI=1S/C10H17N5O3/c1-6(2)15(4-8(16)17)10(18)13-7(3)9-11-5-12-14-9/h5-7H,4H2,1-3H3,(H,13,18)(H,16,17)(H,11,12,14). The number of nitrogens with one attached hydrogen (secondary N) is 2. The van der Waals surface area contributed by atoms with Crippen molar-refractivity contribution < 1.29 is 14.7 Å². The molecule has 100 valence electrons. The topological polar surface area (TPSA) is 111 Å². The summed E-state index contributed by atoms with van der Waals surface area (Å²) in [4.78, 5) is 27.7. The van der Waals surface area contributed by atoms with Crippen LogP contribution in [0, 0.1) is 0 Å². The van der Waals surface area contributed by atoms with Gasteiger partial charge in [0.25, 0.3) is 0 Å². The molecule has 0 radical (unpaired) electrons. The number of urea groups is 1. The highest BCUT2D eigenvalue weighted by Crippen LogP contribution is 2.06. The number of aliphatic carboxylic acids is 1. The summed E-state index contributed by atoms with van der Waals surface area (Å²) < 4.78 is 0.